The number of benzene rings is 1. The molecule has 2 heterocycles. The van der Waals surface area contributed by atoms with E-state index in [0.717, 1.165) is 35.4 Å². The number of anilines is 1. The van der Waals surface area contributed by atoms with Crippen molar-refractivity contribution in [3.8, 4) is 0 Å². The molecule has 0 spiro atoms. The third-order valence-corrected chi connectivity index (χ3v) is 4.31. The fourth-order valence-corrected chi connectivity index (χ4v) is 2.92. The second kappa shape index (κ2) is 5.01. The molecule has 0 radical (unpaired) electrons. The van der Waals surface area contributed by atoms with Crippen molar-refractivity contribution in [3.05, 3.63) is 34.9 Å². The van der Waals surface area contributed by atoms with Gasteiger partial charge >= 0.3 is 0 Å². The van der Waals surface area contributed by atoms with Gasteiger partial charge in [0.05, 0.1) is 5.52 Å². The second-order valence-electron chi connectivity index (χ2n) is 5.63. The quantitative estimate of drug-likeness (QED) is 0.765. The van der Waals surface area contributed by atoms with Gasteiger partial charge in [0.15, 0.2) is 0 Å². The van der Waals surface area contributed by atoms with Crippen molar-refractivity contribution in [2.75, 3.05) is 18.0 Å². The molecule has 0 bridgehead atoms. The Bertz CT molecular complexity index is 601. The first-order valence-corrected chi connectivity index (χ1v) is 7.33. The molecule has 3 rings (SSSR count). The number of piperidine rings is 1. The molecule has 2 nitrogen and oxygen atoms in total. The molecule has 0 unspecified atom stereocenters. The Morgan fingerprint density at radius 1 is 1.21 bits per heavy atom. The summed E-state index contributed by atoms with van der Waals surface area (Å²) in [6.45, 7) is 6.70. The molecule has 1 aromatic heterocycles. The lowest BCUT2D eigenvalue weighted by Gasteiger charge is -2.31. The highest BCUT2D eigenvalue weighted by atomic mass is 35.5. The van der Waals surface area contributed by atoms with E-state index in [0.29, 0.717) is 0 Å². The van der Waals surface area contributed by atoms with Crippen molar-refractivity contribution < 1.29 is 0 Å². The molecule has 3 heteroatoms. The van der Waals surface area contributed by atoms with Crippen LogP contribution in [-0.2, 0) is 0 Å². The van der Waals surface area contributed by atoms with Gasteiger partial charge in [0.25, 0.3) is 0 Å². The minimum atomic E-state index is 0.754. The maximum absolute atomic E-state index is 6.07. The summed E-state index contributed by atoms with van der Waals surface area (Å²) < 4.78 is 0. The Kier molecular flexibility index (Phi) is 3.36. The first-order valence-electron chi connectivity index (χ1n) is 6.95. The van der Waals surface area contributed by atoms with Gasteiger partial charge < -0.3 is 4.90 Å². The van der Waals surface area contributed by atoms with Gasteiger partial charge in [0.2, 0.25) is 0 Å². The summed E-state index contributed by atoms with van der Waals surface area (Å²) in [5, 5.41) is 1.95. The van der Waals surface area contributed by atoms with Crippen LogP contribution in [0.5, 0.6) is 0 Å². The van der Waals surface area contributed by atoms with E-state index >= 15 is 0 Å². The standard InChI is InChI=1S/C16H19ClN2/c1-11-5-7-19(8-6-11)16-9-12(2)14-4-3-13(17)10-15(14)18-16/h3-4,9-11H,5-8H2,1-2H3. The Labute approximate surface area is 119 Å². The largest absolute Gasteiger partial charge is 0.357 e. The minimum Gasteiger partial charge on any atom is -0.357 e. The first kappa shape index (κ1) is 12.7. The average molecular weight is 275 g/mol. The second-order valence-corrected chi connectivity index (χ2v) is 6.06. The van der Waals surface area contributed by atoms with Gasteiger partial charge in [-0.1, -0.05) is 24.6 Å². The van der Waals surface area contributed by atoms with Crippen molar-refractivity contribution in [2.45, 2.75) is 26.7 Å². The molecule has 1 aliphatic heterocycles. The van der Waals surface area contributed by atoms with Crippen LogP contribution in [0.2, 0.25) is 5.02 Å². The van der Waals surface area contributed by atoms with E-state index in [9.17, 15) is 0 Å². The summed E-state index contributed by atoms with van der Waals surface area (Å²) in [5.74, 6) is 1.94. The molecule has 1 saturated heterocycles. The number of aryl methyl sites for hydroxylation is 1. The molecule has 0 N–H and O–H groups in total. The highest BCUT2D eigenvalue weighted by Gasteiger charge is 2.17. The lowest BCUT2D eigenvalue weighted by molar-refractivity contribution is 0.437. The lowest BCUT2D eigenvalue weighted by atomic mass is 9.99. The summed E-state index contributed by atoms with van der Waals surface area (Å²) in [7, 11) is 0. The van der Waals surface area contributed by atoms with Gasteiger partial charge in [-0.2, -0.15) is 0 Å². The van der Waals surface area contributed by atoms with Gasteiger partial charge in [0.1, 0.15) is 5.82 Å². The van der Waals surface area contributed by atoms with Crippen LogP contribution < -0.4 is 4.90 Å². The van der Waals surface area contributed by atoms with Gasteiger partial charge in [-0.15, -0.1) is 0 Å². The number of fused-ring (bicyclic) bond motifs is 1. The van der Waals surface area contributed by atoms with Crippen LogP contribution in [0.25, 0.3) is 10.9 Å². The number of nitrogens with zero attached hydrogens (tertiary/aromatic N) is 2. The third-order valence-electron chi connectivity index (χ3n) is 4.07. The van der Waals surface area contributed by atoms with E-state index < -0.39 is 0 Å². The summed E-state index contributed by atoms with van der Waals surface area (Å²) in [5.41, 5.74) is 2.27. The molecule has 0 amide bonds. The number of aromatic nitrogens is 1. The fraction of sp³-hybridized carbons (Fsp3) is 0.438. The summed E-state index contributed by atoms with van der Waals surface area (Å²) in [4.78, 5) is 7.18. The molecule has 0 aliphatic carbocycles. The van der Waals surface area contributed by atoms with E-state index in [1.165, 1.54) is 23.8 Å². The van der Waals surface area contributed by atoms with E-state index in [1.54, 1.807) is 0 Å². The fourth-order valence-electron chi connectivity index (χ4n) is 2.76. The number of pyridine rings is 1. The van der Waals surface area contributed by atoms with Crippen LogP contribution in [-0.4, -0.2) is 18.1 Å². The molecule has 0 saturated carbocycles. The van der Waals surface area contributed by atoms with Crippen LogP contribution in [0.3, 0.4) is 0 Å². The average Bonchev–Trinajstić information content (AvgIpc) is 2.38. The minimum absolute atomic E-state index is 0.754. The Hall–Kier alpha value is -1.28. The monoisotopic (exact) mass is 274 g/mol. The van der Waals surface area contributed by atoms with Crippen LogP contribution in [0.4, 0.5) is 5.82 Å². The summed E-state index contributed by atoms with van der Waals surface area (Å²) >= 11 is 6.07. The van der Waals surface area contributed by atoms with E-state index in [1.807, 2.05) is 12.1 Å². The summed E-state index contributed by atoms with van der Waals surface area (Å²) in [6.07, 6.45) is 2.52. The van der Waals surface area contributed by atoms with Crippen molar-refractivity contribution in [1.29, 1.82) is 0 Å². The molecular formula is C16H19ClN2. The summed E-state index contributed by atoms with van der Waals surface area (Å²) in [6, 6.07) is 8.15. The topological polar surface area (TPSA) is 16.1 Å². The van der Waals surface area contributed by atoms with Crippen molar-refractivity contribution in [1.82, 2.24) is 4.98 Å². The molecule has 0 atom stereocenters. The van der Waals surface area contributed by atoms with Crippen LogP contribution >= 0.6 is 11.6 Å². The van der Waals surface area contributed by atoms with Crippen molar-refractivity contribution >= 4 is 28.3 Å². The number of hydrogen-bond donors (Lipinski definition) is 0. The highest BCUT2D eigenvalue weighted by Crippen LogP contribution is 2.27. The number of rotatable bonds is 1. The van der Waals surface area contributed by atoms with E-state index in [-0.39, 0.29) is 0 Å². The zero-order valence-corrected chi connectivity index (χ0v) is 12.2. The molecular weight excluding hydrogens is 256 g/mol. The van der Waals surface area contributed by atoms with Crippen LogP contribution in [0.15, 0.2) is 24.3 Å². The van der Waals surface area contributed by atoms with Crippen LogP contribution in [0.1, 0.15) is 25.3 Å². The van der Waals surface area contributed by atoms with Gasteiger partial charge in [-0.05, 0) is 49.4 Å². The normalized spacial score (nSPS) is 17.1. The zero-order valence-electron chi connectivity index (χ0n) is 11.5. The van der Waals surface area contributed by atoms with Gasteiger partial charge in [0, 0.05) is 23.5 Å². The van der Waals surface area contributed by atoms with Crippen molar-refractivity contribution in [2.24, 2.45) is 5.92 Å². The Morgan fingerprint density at radius 2 is 1.95 bits per heavy atom. The Balaban J connectivity index is 2.00. The maximum Gasteiger partial charge on any atom is 0.129 e. The molecule has 1 aromatic carbocycles. The molecule has 2 aromatic rings. The number of hydrogen-bond acceptors (Lipinski definition) is 2. The smallest absolute Gasteiger partial charge is 0.129 e. The zero-order chi connectivity index (χ0) is 13.4. The SMILES string of the molecule is Cc1cc(N2CCC(C)CC2)nc2cc(Cl)ccc12. The van der Waals surface area contributed by atoms with E-state index in [4.69, 9.17) is 16.6 Å². The molecule has 100 valence electrons. The van der Waals surface area contributed by atoms with Crippen LogP contribution in [0, 0.1) is 12.8 Å². The third kappa shape index (κ3) is 2.55. The molecule has 1 aliphatic rings. The maximum atomic E-state index is 6.07. The highest BCUT2D eigenvalue weighted by molar-refractivity contribution is 6.31. The van der Waals surface area contributed by atoms with Crippen molar-refractivity contribution in [3.63, 3.8) is 0 Å². The Morgan fingerprint density at radius 3 is 2.68 bits per heavy atom. The predicted octanol–water partition coefficient (Wildman–Crippen LogP) is 4.43. The first-order chi connectivity index (χ1) is 9.13. The van der Waals surface area contributed by atoms with Gasteiger partial charge in [-0.3, -0.25) is 0 Å². The van der Waals surface area contributed by atoms with E-state index in [2.05, 4.69) is 30.9 Å². The predicted molar refractivity (Wildman–Crippen MR) is 82.1 cm³/mol. The molecule has 1 fully saturated rings. The number of halogens is 1. The lowest BCUT2D eigenvalue weighted by Crippen LogP contribution is -2.33. The van der Waals surface area contributed by atoms with Gasteiger partial charge in [-0.25, -0.2) is 4.98 Å². The molecule has 19 heavy (non-hydrogen) atoms.